The number of ether oxygens (including phenoxy) is 1. The van der Waals surface area contributed by atoms with Gasteiger partial charge in [0, 0.05) is 25.2 Å². The predicted octanol–water partition coefficient (Wildman–Crippen LogP) is 4.89. The Hall–Kier alpha value is -0.740. The molecule has 0 saturated heterocycles. The van der Waals surface area contributed by atoms with E-state index < -0.39 is 0 Å². The molecule has 23 heavy (non-hydrogen) atoms. The van der Waals surface area contributed by atoms with Crippen LogP contribution in [0, 0.1) is 0 Å². The average molecular weight is 379 g/mol. The van der Waals surface area contributed by atoms with Crippen LogP contribution in [-0.2, 0) is 16.1 Å². The summed E-state index contributed by atoms with van der Waals surface area (Å²) in [5, 5.41) is 1.12. The Morgan fingerprint density at radius 2 is 2.09 bits per heavy atom. The van der Waals surface area contributed by atoms with Crippen molar-refractivity contribution in [1.29, 1.82) is 0 Å². The predicted molar refractivity (Wildman–Crippen MR) is 97.6 cm³/mol. The van der Waals surface area contributed by atoms with Gasteiger partial charge in [-0.05, 0) is 30.5 Å². The smallest absolute Gasteiger partial charge is 0.334 e. The van der Waals surface area contributed by atoms with E-state index in [1.165, 1.54) is 0 Å². The van der Waals surface area contributed by atoms with E-state index in [1.807, 2.05) is 18.2 Å². The summed E-state index contributed by atoms with van der Waals surface area (Å²) >= 11 is 12.0. The van der Waals surface area contributed by atoms with Gasteiger partial charge in [-0.25, -0.2) is 4.79 Å². The second-order valence-corrected chi connectivity index (χ2v) is 6.28. The third-order valence-electron chi connectivity index (χ3n) is 3.61. The highest BCUT2D eigenvalue weighted by Crippen LogP contribution is 2.24. The molecular formula is C17H22Cl3NO2. The Bertz CT molecular complexity index is 561. The first-order chi connectivity index (χ1) is 10.6. The van der Waals surface area contributed by atoms with Gasteiger partial charge in [-0.3, -0.25) is 4.90 Å². The van der Waals surface area contributed by atoms with Gasteiger partial charge in [-0.15, -0.1) is 12.4 Å². The highest BCUT2D eigenvalue weighted by Gasteiger charge is 2.19. The van der Waals surface area contributed by atoms with E-state index in [-0.39, 0.29) is 18.4 Å². The van der Waals surface area contributed by atoms with Crippen LogP contribution in [0.3, 0.4) is 0 Å². The van der Waals surface area contributed by atoms with Crippen molar-refractivity contribution in [3.63, 3.8) is 0 Å². The maximum Gasteiger partial charge on any atom is 0.334 e. The zero-order valence-corrected chi connectivity index (χ0v) is 15.5. The van der Waals surface area contributed by atoms with Crippen LogP contribution < -0.4 is 0 Å². The van der Waals surface area contributed by atoms with Gasteiger partial charge in [-0.1, -0.05) is 48.7 Å². The van der Waals surface area contributed by atoms with Crippen LogP contribution in [0.25, 0.3) is 0 Å². The number of carbonyl (C=O) groups excluding carboxylic acids is 1. The molecule has 128 valence electrons. The summed E-state index contributed by atoms with van der Waals surface area (Å²) in [7, 11) is 0. The molecule has 0 fully saturated rings. The minimum Gasteiger partial charge on any atom is -0.462 e. The van der Waals surface area contributed by atoms with E-state index in [0.29, 0.717) is 23.2 Å². The molecule has 0 radical (unpaired) electrons. The molecule has 1 aromatic carbocycles. The molecule has 1 aromatic rings. The summed E-state index contributed by atoms with van der Waals surface area (Å²) in [6.07, 6.45) is 4.78. The van der Waals surface area contributed by atoms with Gasteiger partial charge in [0.15, 0.2) is 0 Å². The number of hydrogen-bond donors (Lipinski definition) is 0. The summed E-state index contributed by atoms with van der Waals surface area (Å²) < 4.78 is 5.28. The standard InChI is InChI=1S/C17H21Cl2NO2.ClH/c1-2-3-9-22-17(21)14-5-4-8-20(12-14)11-13-6-7-15(18)16(19)10-13;/h5-7,10H,2-4,8-9,11-12H2,1H3;1H. The largest absolute Gasteiger partial charge is 0.462 e. The van der Waals surface area contributed by atoms with Gasteiger partial charge in [0.25, 0.3) is 0 Å². The van der Waals surface area contributed by atoms with E-state index in [0.717, 1.165) is 43.5 Å². The summed E-state index contributed by atoms with van der Waals surface area (Å²) in [6.45, 7) is 4.86. The lowest BCUT2D eigenvalue weighted by Crippen LogP contribution is -2.32. The summed E-state index contributed by atoms with van der Waals surface area (Å²) in [6, 6.07) is 5.64. The molecule has 2 rings (SSSR count). The fourth-order valence-electron chi connectivity index (χ4n) is 2.39. The van der Waals surface area contributed by atoms with Crippen LogP contribution in [0.4, 0.5) is 0 Å². The molecule has 0 spiro atoms. The summed E-state index contributed by atoms with van der Waals surface area (Å²) in [5.74, 6) is -0.188. The van der Waals surface area contributed by atoms with Crippen LogP contribution in [-0.4, -0.2) is 30.6 Å². The maximum atomic E-state index is 12.0. The van der Waals surface area contributed by atoms with Crippen molar-refractivity contribution < 1.29 is 9.53 Å². The summed E-state index contributed by atoms with van der Waals surface area (Å²) in [5.41, 5.74) is 1.84. The first-order valence-electron chi connectivity index (χ1n) is 7.62. The molecule has 0 unspecified atom stereocenters. The van der Waals surface area contributed by atoms with Crippen LogP contribution in [0.2, 0.25) is 10.0 Å². The molecule has 0 atom stereocenters. The lowest BCUT2D eigenvalue weighted by atomic mass is 10.1. The molecular weight excluding hydrogens is 357 g/mol. The van der Waals surface area contributed by atoms with Crippen molar-refractivity contribution >= 4 is 41.6 Å². The highest BCUT2D eigenvalue weighted by molar-refractivity contribution is 6.42. The Morgan fingerprint density at radius 1 is 1.30 bits per heavy atom. The minimum atomic E-state index is -0.188. The van der Waals surface area contributed by atoms with Crippen molar-refractivity contribution in [3.05, 3.63) is 45.5 Å². The van der Waals surface area contributed by atoms with Gasteiger partial charge in [-0.2, -0.15) is 0 Å². The summed E-state index contributed by atoms with van der Waals surface area (Å²) in [4.78, 5) is 14.2. The number of rotatable bonds is 6. The third kappa shape index (κ3) is 6.34. The molecule has 1 heterocycles. The lowest BCUT2D eigenvalue weighted by molar-refractivity contribution is -0.139. The Morgan fingerprint density at radius 3 is 2.78 bits per heavy atom. The number of benzene rings is 1. The van der Waals surface area contributed by atoms with E-state index in [2.05, 4.69) is 11.8 Å². The van der Waals surface area contributed by atoms with Crippen LogP contribution in [0.15, 0.2) is 29.8 Å². The number of hydrogen-bond acceptors (Lipinski definition) is 3. The second-order valence-electron chi connectivity index (χ2n) is 5.47. The van der Waals surface area contributed by atoms with Gasteiger partial charge >= 0.3 is 5.97 Å². The highest BCUT2D eigenvalue weighted by atomic mass is 35.5. The fourth-order valence-corrected chi connectivity index (χ4v) is 2.71. The van der Waals surface area contributed by atoms with Crippen LogP contribution in [0.1, 0.15) is 31.7 Å². The van der Waals surface area contributed by atoms with E-state index >= 15 is 0 Å². The van der Waals surface area contributed by atoms with Crippen LogP contribution >= 0.6 is 35.6 Å². The Kier molecular flexibility index (Phi) is 9.00. The van der Waals surface area contributed by atoms with E-state index in [4.69, 9.17) is 27.9 Å². The molecule has 0 aliphatic carbocycles. The first kappa shape index (κ1) is 20.3. The van der Waals surface area contributed by atoms with E-state index in [1.54, 1.807) is 6.07 Å². The topological polar surface area (TPSA) is 29.5 Å². The minimum absolute atomic E-state index is 0. The van der Waals surface area contributed by atoms with Crippen molar-refractivity contribution in [2.75, 3.05) is 19.7 Å². The fraction of sp³-hybridized carbons (Fsp3) is 0.471. The molecule has 3 nitrogen and oxygen atoms in total. The molecule has 0 aromatic heterocycles. The third-order valence-corrected chi connectivity index (χ3v) is 4.35. The average Bonchev–Trinajstić information content (AvgIpc) is 2.51. The van der Waals surface area contributed by atoms with Crippen LogP contribution in [0.5, 0.6) is 0 Å². The number of unbranched alkanes of at least 4 members (excludes halogenated alkanes) is 1. The Balaban J connectivity index is 0.00000264. The number of nitrogens with zero attached hydrogens (tertiary/aromatic N) is 1. The quantitative estimate of drug-likeness (QED) is 0.521. The zero-order valence-electron chi connectivity index (χ0n) is 13.2. The van der Waals surface area contributed by atoms with Gasteiger partial charge in [0.05, 0.1) is 16.7 Å². The molecule has 1 aliphatic heterocycles. The van der Waals surface area contributed by atoms with Gasteiger partial charge in [0.2, 0.25) is 0 Å². The number of esters is 1. The lowest BCUT2D eigenvalue weighted by Gasteiger charge is -2.26. The van der Waals surface area contributed by atoms with Gasteiger partial charge < -0.3 is 4.74 Å². The van der Waals surface area contributed by atoms with Crippen molar-refractivity contribution in [1.82, 2.24) is 4.90 Å². The van der Waals surface area contributed by atoms with Crippen molar-refractivity contribution in [2.45, 2.75) is 32.7 Å². The molecule has 6 heteroatoms. The first-order valence-corrected chi connectivity index (χ1v) is 8.38. The van der Waals surface area contributed by atoms with Crippen molar-refractivity contribution in [3.8, 4) is 0 Å². The van der Waals surface area contributed by atoms with Gasteiger partial charge in [0.1, 0.15) is 0 Å². The number of carbonyl (C=O) groups is 1. The maximum absolute atomic E-state index is 12.0. The van der Waals surface area contributed by atoms with Crippen molar-refractivity contribution in [2.24, 2.45) is 0 Å². The Labute approximate surface area is 154 Å². The zero-order chi connectivity index (χ0) is 15.9. The second kappa shape index (κ2) is 10.2. The monoisotopic (exact) mass is 377 g/mol. The number of halogens is 3. The SMILES string of the molecule is CCCCOC(=O)C1=CCCN(Cc2ccc(Cl)c(Cl)c2)C1.Cl. The molecule has 0 saturated carbocycles. The van der Waals surface area contributed by atoms with E-state index in [9.17, 15) is 4.79 Å². The molecule has 0 bridgehead atoms. The molecule has 0 N–H and O–H groups in total. The normalized spacial score (nSPS) is 14.8. The molecule has 0 amide bonds. The molecule has 1 aliphatic rings.